The van der Waals surface area contributed by atoms with Crippen molar-refractivity contribution < 1.29 is 0 Å². The van der Waals surface area contributed by atoms with Crippen molar-refractivity contribution >= 4 is 0 Å². The number of unbranched alkanes of at least 4 members (excludes halogenated alkanes) is 1. The Morgan fingerprint density at radius 1 is 0.840 bits per heavy atom. The number of hydrogen-bond acceptors (Lipinski definition) is 5. The number of aromatic nitrogens is 4. The highest BCUT2D eigenvalue weighted by molar-refractivity contribution is 5.47. The molecule has 128 valence electrons. The molecule has 0 aliphatic heterocycles. The second kappa shape index (κ2) is 8.99. The van der Waals surface area contributed by atoms with Crippen molar-refractivity contribution in [1.82, 2.24) is 24.8 Å². The van der Waals surface area contributed by atoms with Crippen LogP contribution in [0.1, 0.15) is 31.0 Å². The van der Waals surface area contributed by atoms with Gasteiger partial charge in [0.1, 0.15) is 5.69 Å². The van der Waals surface area contributed by atoms with Gasteiger partial charge in [-0.1, -0.05) is 25.5 Å². The number of rotatable bonds is 8. The van der Waals surface area contributed by atoms with Gasteiger partial charge in [0, 0.05) is 43.4 Å². The van der Waals surface area contributed by atoms with Crippen LogP contribution in [0.4, 0.5) is 0 Å². The molecule has 0 spiro atoms. The lowest BCUT2D eigenvalue weighted by Crippen LogP contribution is -2.24. The summed E-state index contributed by atoms with van der Waals surface area (Å²) in [7, 11) is 0. The molecule has 5 nitrogen and oxygen atoms in total. The maximum absolute atomic E-state index is 4.47. The molecule has 0 radical (unpaired) electrons. The average Bonchev–Trinajstić information content (AvgIpc) is 2.68. The summed E-state index contributed by atoms with van der Waals surface area (Å²) in [5.74, 6) is 0.661. The largest absolute Gasteiger partial charge is 0.293 e. The molecule has 5 heteroatoms. The van der Waals surface area contributed by atoms with Crippen LogP contribution in [0, 0.1) is 0 Å². The molecule has 0 aliphatic rings. The predicted octanol–water partition coefficient (Wildman–Crippen LogP) is 3.74. The third-order valence-corrected chi connectivity index (χ3v) is 3.95. The van der Waals surface area contributed by atoms with Gasteiger partial charge in [-0.3, -0.25) is 14.9 Å². The van der Waals surface area contributed by atoms with E-state index in [1.165, 1.54) is 12.8 Å². The first-order valence-electron chi connectivity index (χ1n) is 8.69. The summed E-state index contributed by atoms with van der Waals surface area (Å²) in [4.78, 5) is 20.1. The van der Waals surface area contributed by atoms with E-state index in [1.807, 2.05) is 48.9 Å². The zero-order chi connectivity index (χ0) is 17.3. The van der Waals surface area contributed by atoms with Crippen LogP contribution >= 0.6 is 0 Å². The Morgan fingerprint density at radius 2 is 1.60 bits per heavy atom. The van der Waals surface area contributed by atoms with Crippen molar-refractivity contribution in [2.75, 3.05) is 6.54 Å². The minimum Gasteiger partial charge on any atom is -0.293 e. The molecule has 3 rings (SSSR count). The van der Waals surface area contributed by atoms with E-state index >= 15 is 0 Å². The van der Waals surface area contributed by atoms with Crippen LogP contribution in [0.25, 0.3) is 11.5 Å². The van der Waals surface area contributed by atoms with Gasteiger partial charge in [0.15, 0.2) is 5.82 Å². The number of pyridine rings is 2. The summed E-state index contributed by atoms with van der Waals surface area (Å²) in [6.45, 7) is 4.90. The Balaban J connectivity index is 1.68. The molecule has 0 atom stereocenters. The summed E-state index contributed by atoms with van der Waals surface area (Å²) < 4.78 is 0. The Hall–Kier alpha value is -2.66. The van der Waals surface area contributed by atoms with E-state index in [-0.39, 0.29) is 0 Å². The minimum atomic E-state index is 0.661. The van der Waals surface area contributed by atoms with E-state index in [1.54, 1.807) is 6.20 Å². The molecule has 0 aromatic carbocycles. The smallest absolute Gasteiger partial charge is 0.178 e. The summed E-state index contributed by atoms with van der Waals surface area (Å²) in [6, 6.07) is 11.8. The molecule has 0 bridgehead atoms. The molecule has 0 saturated carbocycles. The molecule has 0 amide bonds. The van der Waals surface area contributed by atoms with Crippen molar-refractivity contribution in [1.29, 1.82) is 0 Å². The van der Waals surface area contributed by atoms with E-state index in [0.29, 0.717) is 5.82 Å². The van der Waals surface area contributed by atoms with Gasteiger partial charge >= 0.3 is 0 Å². The normalized spacial score (nSPS) is 11.0. The zero-order valence-electron chi connectivity index (χ0n) is 14.5. The average molecular weight is 333 g/mol. The fourth-order valence-electron chi connectivity index (χ4n) is 2.64. The quantitative estimate of drug-likeness (QED) is 0.628. The summed E-state index contributed by atoms with van der Waals surface area (Å²) in [6.07, 6.45) is 9.74. The monoisotopic (exact) mass is 333 g/mol. The standard InChI is InChI=1S/C20H23N5/c1-2-3-12-25(16-18-8-4-6-10-21-18)15-17-13-23-20(24-14-17)19-9-5-7-11-22-19/h4-11,13-14H,2-3,12,15-16H2,1H3. The molecule has 3 heterocycles. The van der Waals surface area contributed by atoms with E-state index in [9.17, 15) is 0 Å². The van der Waals surface area contributed by atoms with Crippen LogP contribution in [0.15, 0.2) is 61.2 Å². The highest BCUT2D eigenvalue weighted by Crippen LogP contribution is 2.13. The molecule has 0 aliphatic carbocycles. The van der Waals surface area contributed by atoms with Crippen molar-refractivity contribution in [3.63, 3.8) is 0 Å². The van der Waals surface area contributed by atoms with Crippen LogP contribution in [0.3, 0.4) is 0 Å². The van der Waals surface area contributed by atoms with Crippen LogP contribution in [-0.4, -0.2) is 31.4 Å². The van der Waals surface area contributed by atoms with Crippen molar-refractivity contribution in [2.45, 2.75) is 32.9 Å². The Kier molecular flexibility index (Phi) is 6.17. The lowest BCUT2D eigenvalue weighted by Gasteiger charge is -2.21. The van der Waals surface area contributed by atoms with Gasteiger partial charge in [0.25, 0.3) is 0 Å². The van der Waals surface area contributed by atoms with Crippen LogP contribution in [0.5, 0.6) is 0 Å². The number of hydrogen-bond donors (Lipinski definition) is 0. The Labute approximate surface area is 148 Å². The molecule has 0 fully saturated rings. The van der Waals surface area contributed by atoms with Crippen molar-refractivity contribution in [3.8, 4) is 11.5 Å². The first kappa shape index (κ1) is 17.2. The van der Waals surface area contributed by atoms with Crippen LogP contribution < -0.4 is 0 Å². The second-order valence-corrected chi connectivity index (χ2v) is 6.02. The molecular weight excluding hydrogens is 310 g/mol. The first-order chi connectivity index (χ1) is 12.3. The molecule has 3 aromatic heterocycles. The summed E-state index contributed by atoms with van der Waals surface area (Å²) in [5.41, 5.74) is 2.99. The molecule has 0 N–H and O–H groups in total. The van der Waals surface area contributed by atoms with E-state index in [0.717, 1.165) is 36.6 Å². The third kappa shape index (κ3) is 5.16. The highest BCUT2D eigenvalue weighted by atomic mass is 15.1. The molecule has 0 saturated heterocycles. The molecule has 3 aromatic rings. The van der Waals surface area contributed by atoms with Gasteiger partial charge in [0.2, 0.25) is 0 Å². The minimum absolute atomic E-state index is 0.661. The lowest BCUT2D eigenvalue weighted by molar-refractivity contribution is 0.249. The van der Waals surface area contributed by atoms with Crippen LogP contribution in [-0.2, 0) is 13.1 Å². The molecule has 0 unspecified atom stereocenters. The fraction of sp³-hybridized carbons (Fsp3) is 0.300. The van der Waals surface area contributed by atoms with Gasteiger partial charge in [-0.25, -0.2) is 9.97 Å². The van der Waals surface area contributed by atoms with Gasteiger partial charge in [-0.15, -0.1) is 0 Å². The topological polar surface area (TPSA) is 54.8 Å². The maximum Gasteiger partial charge on any atom is 0.178 e. The van der Waals surface area contributed by atoms with Gasteiger partial charge in [-0.2, -0.15) is 0 Å². The number of nitrogens with zero attached hydrogens (tertiary/aromatic N) is 5. The van der Waals surface area contributed by atoms with Gasteiger partial charge < -0.3 is 0 Å². The van der Waals surface area contributed by atoms with Crippen molar-refractivity contribution in [2.24, 2.45) is 0 Å². The maximum atomic E-state index is 4.47. The molecule has 25 heavy (non-hydrogen) atoms. The van der Waals surface area contributed by atoms with E-state index in [4.69, 9.17) is 0 Å². The van der Waals surface area contributed by atoms with E-state index in [2.05, 4.69) is 37.8 Å². The van der Waals surface area contributed by atoms with Crippen LogP contribution in [0.2, 0.25) is 0 Å². The second-order valence-electron chi connectivity index (χ2n) is 6.02. The highest BCUT2D eigenvalue weighted by Gasteiger charge is 2.09. The van der Waals surface area contributed by atoms with E-state index < -0.39 is 0 Å². The first-order valence-corrected chi connectivity index (χ1v) is 8.69. The third-order valence-electron chi connectivity index (χ3n) is 3.95. The predicted molar refractivity (Wildman–Crippen MR) is 98.5 cm³/mol. The van der Waals surface area contributed by atoms with Gasteiger partial charge in [0.05, 0.1) is 5.69 Å². The zero-order valence-corrected chi connectivity index (χ0v) is 14.5. The van der Waals surface area contributed by atoms with Crippen molar-refractivity contribution in [3.05, 3.63) is 72.4 Å². The Bertz CT molecular complexity index is 744. The van der Waals surface area contributed by atoms with Gasteiger partial charge in [-0.05, 0) is 37.2 Å². The lowest BCUT2D eigenvalue weighted by atomic mass is 10.2. The summed E-state index contributed by atoms with van der Waals surface area (Å²) >= 11 is 0. The molecular formula is C20H23N5. The summed E-state index contributed by atoms with van der Waals surface area (Å²) in [5, 5.41) is 0. The Morgan fingerprint density at radius 3 is 2.24 bits per heavy atom. The SMILES string of the molecule is CCCCN(Cc1cnc(-c2ccccn2)nc1)Cc1ccccn1. The fourth-order valence-corrected chi connectivity index (χ4v) is 2.64.